The molecule has 3 rings (SSSR count). The number of rotatable bonds is 2. The van der Waals surface area contributed by atoms with E-state index in [0.717, 1.165) is 6.07 Å². The third-order valence-electron chi connectivity index (χ3n) is 4.33. The van der Waals surface area contributed by atoms with Crippen molar-refractivity contribution in [3.8, 4) is 0 Å². The monoisotopic (exact) mass is 320 g/mol. The molecular weight excluding hydrogens is 302 g/mol. The lowest BCUT2D eigenvalue weighted by Gasteiger charge is -2.37. The molecule has 0 bridgehead atoms. The average Bonchev–Trinajstić information content (AvgIpc) is 2.50. The number of aliphatic carboxylic acids is 1. The minimum atomic E-state index is -0.965. The summed E-state index contributed by atoms with van der Waals surface area (Å²) >= 11 is 0. The minimum Gasteiger partial charge on any atom is -0.481 e. The number of carboxylic acids is 1. The van der Waals surface area contributed by atoms with Crippen molar-refractivity contribution < 1.29 is 18.7 Å². The summed E-state index contributed by atoms with van der Waals surface area (Å²) in [4.78, 5) is 17.4. The van der Waals surface area contributed by atoms with Crippen molar-refractivity contribution in [2.45, 2.75) is 20.3 Å². The molecule has 122 valence electrons. The first-order valence-electron chi connectivity index (χ1n) is 7.60. The van der Waals surface area contributed by atoms with Crippen LogP contribution in [-0.2, 0) is 4.79 Å². The van der Waals surface area contributed by atoms with Crippen molar-refractivity contribution in [2.75, 3.05) is 18.0 Å². The number of fused-ring (bicyclic) bond motifs is 1. The van der Waals surface area contributed by atoms with Crippen LogP contribution in [0.2, 0.25) is 0 Å². The Kier molecular flexibility index (Phi) is 3.92. The Hall–Kier alpha value is -2.24. The lowest BCUT2D eigenvalue weighted by atomic mass is 9.90. The van der Waals surface area contributed by atoms with Crippen LogP contribution in [0.15, 0.2) is 18.2 Å². The van der Waals surface area contributed by atoms with Gasteiger partial charge in [-0.1, -0.05) is 6.92 Å². The van der Waals surface area contributed by atoms with Gasteiger partial charge in [0.25, 0.3) is 0 Å². The molecule has 23 heavy (non-hydrogen) atoms. The molecule has 1 aromatic heterocycles. The van der Waals surface area contributed by atoms with Crippen LogP contribution in [0.4, 0.5) is 14.5 Å². The van der Waals surface area contributed by atoms with Gasteiger partial charge >= 0.3 is 5.97 Å². The SMILES string of the molecule is Cc1cc(N2CC(C)CC(C(=O)O)C2)c2ccc(F)c(F)c2n1. The second-order valence-electron chi connectivity index (χ2n) is 6.32. The number of pyridine rings is 1. The van der Waals surface area contributed by atoms with Gasteiger partial charge in [0, 0.05) is 29.9 Å². The van der Waals surface area contributed by atoms with E-state index in [2.05, 4.69) is 4.98 Å². The molecule has 1 aliphatic rings. The molecule has 4 nitrogen and oxygen atoms in total. The number of anilines is 1. The topological polar surface area (TPSA) is 53.4 Å². The molecule has 0 saturated carbocycles. The van der Waals surface area contributed by atoms with Crippen molar-refractivity contribution in [3.05, 3.63) is 35.5 Å². The van der Waals surface area contributed by atoms with Crippen LogP contribution < -0.4 is 4.90 Å². The summed E-state index contributed by atoms with van der Waals surface area (Å²) in [7, 11) is 0. The van der Waals surface area contributed by atoms with Crippen LogP contribution in [0.1, 0.15) is 19.0 Å². The van der Waals surface area contributed by atoms with Gasteiger partial charge in [0.1, 0.15) is 5.52 Å². The third kappa shape index (κ3) is 2.85. The predicted molar refractivity (Wildman–Crippen MR) is 83.5 cm³/mol. The highest BCUT2D eigenvalue weighted by atomic mass is 19.2. The zero-order valence-electron chi connectivity index (χ0n) is 13.0. The van der Waals surface area contributed by atoms with Crippen molar-refractivity contribution >= 4 is 22.6 Å². The van der Waals surface area contributed by atoms with Crippen molar-refractivity contribution in [2.24, 2.45) is 11.8 Å². The highest BCUT2D eigenvalue weighted by Crippen LogP contribution is 2.33. The lowest BCUT2D eigenvalue weighted by molar-refractivity contribution is -0.142. The molecule has 2 aromatic rings. The number of nitrogens with zero attached hydrogens (tertiary/aromatic N) is 2. The maximum absolute atomic E-state index is 14.1. The number of aryl methyl sites for hydroxylation is 1. The Morgan fingerprint density at radius 1 is 1.35 bits per heavy atom. The van der Waals surface area contributed by atoms with Gasteiger partial charge in [0.05, 0.1) is 5.92 Å². The van der Waals surface area contributed by atoms with Gasteiger partial charge in [-0.2, -0.15) is 0 Å². The first kappa shape index (κ1) is 15.6. The highest BCUT2D eigenvalue weighted by Gasteiger charge is 2.30. The predicted octanol–water partition coefficient (Wildman–Crippen LogP) is 3.37. The number of aromatic nitrogens is 1. The van der Waals surface area contributed by atoms with Crippen LogP contribution in [-0.4, -0.2) is 29.1 Å². The van der Waals surface area contributed by atoms with E-state index in [4.69, 9.17) is 0 Å². The van der Waals surface area contributed by atoms with Crippen LogP contribution in [0.3, 0.4) is 0 Å². The fraction of sp³-hybridized carbons (Fsp3) is 0.412. The summed E-state index contributed by atoms with van der Waals surface area (Å²) in [6, 6.07) is 4.39. The molecule has 6 heteroatoms. The maximum atomic E-state index is 14.1. The number of hydrogen-bond acceptors (Lipinski definition) is 3. The molecule has 0 radical (unpaired) electrons. The molecule has 1 saturated heterocycles. The summed E-state index contributed by atoms with van der Waals surface area (Å²) in [5.41, 5.74) is 1.27. The van der Waals surface area contributed by atoms with Gasteiger partial charge in [0.2, 0.25) is 0 Å². The molecule has 1 aliphatic heterocycles. The quantitative estimate of drug-likeness (QED) is 0.922. The van der Waals surface area contributed by atoms with Crippen LogP contribution in [0, 0.1) is 30.4 Å². The Balaban J connectivity index is 2.12. The van der Waals surface area contributed by atoms with E-state index in [9.17, 15) is 18.7 Å². The van der Waals surface area contributed by atoms with Gasteiger partial charge in [-0.3, -0.25) is 4.79 Å². The van der Waals surface area contributed by atoms with Crippen LogP contribution in [0.5, 0.6) is 0 Å². The molecule has 0 spiro atoms. The summed E-state index contributed by atoms with van der Waals surface area (Å²) in [5.74, 6) is -2.98. The molecule has 0 aliphatic carbocycles. The van der Waals surface area contributed by atoms with Crippen molar-refractivity contribution in [1.82, 2.24) is 4.98 Å². The summed E-state index contributed by atoms with van der Waals surface area (Å²) < 4.78 is 27.5. The van der Waals surface area contributed by atoms with E-state index in [1.54, 1.807) is 13.0 Å². The van der Waals surface area contributed by atoms with E-state index < -0.39 is 23.5 Å². The number of hydrogen-bond donors (Lipinski definition) is 1. The Bertz CT molecular complexity index is 779. The minimum absolute atomic E-state index is 0.00917. The fourth-order valence-corrected chi connectivity index (χ4v) is 3.33. The van der Waals surface area contributed by atoms with Crippen LogP contribution >= 0.6 is 0 Å². The van der Waals surface area contributed by atoms with Gasteiger partial charge < -0.3 is 10.0 Å². The smallest absolute Gasteiger partial charge is 0.308 e. The second-order valence-corrected chi connectivity index (χ2v) is 6.32. The molecule has 1 aromatic carbocycles. The molecule has 2 atom stereocenters. The fourth-order valence-electron chi connectivity index (χ4n) is 3.33. The molecule has 1 fully saturated rings. The Labute approximate surface area is 132 Å². The second kappa shape index (κ2) is 5.76. The van der Waals surface area contributed by atoms with Crippen molar-refractivity contribution in [1.29, 1.82) is 0 Å². The number of benzene rings is 1. The van der Waals surface area contributed by atoms with Gasteiger partial charge in [-0.25, -0.2) is 13.8 Å². The summed E-state index contributed by atoms with van der Waals surface area (Å²) in [6.45, 7) is 4.76. The molecule has 2 unspecified atom stereocenters. The van der Waals surface area contributed by atoms with Gasteiger partial charge in [-0.05, 0) is 37.5 Å². The average molecular weight is 320 g/mol. The number of carbonyl (C=O) groups is 1. The van der Waals surface area contributed by atoms with Gasteiger partial charge in [-0.15, -0.1) is 0 Å². The largest absolute Gasteiger partial charge is 0.481 e. The molecule has 0 amide bonds. The normalized spacial score (nSPS) is 21.7. The molecule has 1 N–H and O–H groups in total. The Morgan fingerprint density at radius 3 is 2.78 bits per heavy atom. The first-order valence-corrected chi connectivity index (χ1v) is 7.60. The van der Waals surface area contributed by atoms with E-state index in [-0.39, 0.29) is 11.4 Å². The van der Waals surface area contributed by atoms with E-state index in [1.165, 1.54) is 6.07 Å². The zero-order valence-corrected chi connectivity index (χ0v) is 13.0. The van der Waals surface area contributed by atoms with Crippen LogP contribution in [0.25, 0.3) is 10.9 Å². The zero-order chi connectivity index (χ0) is 16.7. The van der Waals surface area contributed by atoms with Gasteiger partial charge in [0.15, 0.2) is 11.6 Å². The summed E-state index contributed by atoms with van der Waals surface area (Å²) in [6.07, 6.45) is 0.622. The lowest BCUT2D eigenvalue weighted by Crippen LogP contribution is -2.42. The van der Waals surface area contributed by atoms with E-state index in [1.807, 2.05) is 11.8 Å². The third-order valence-corrected chi connectivity index (χ3v) is 4.33. The number of halogens is 2. The maximum Gasteiger partial charge on any atom is 0.308 e. The molecular formula is C17H18F2N2O2. The molecule has 2 heterocycles. The van der Waals surface area contributed by atoms with E-state index in [0.29, 0.717) is 36.3 Å². The number of piperidine rings is 1. The highest BCUT2D eigenvalue weighted by molar-refractivity contribution is 5.92. The Morgan fingerprint density at radius 2 is 2.09 bits per heavy atom. The summed E-state index contributed by atoms with van der Waals surface area (Å²) in [5, 5.41) is 9.83. The number of carboxylic acid groups (broad SMARTS) is 1. The first-order chi connectivity index (χ1) is 10.9. The van der Waals surface area contributed by atoms with E-state index >= 15 is 0 Å². The van der Waals surface area contributed by atoms with Crippen molar-refractivity contribution in [3.63, 3.8) is 0 Å². The standard InChI is InChI=1S/C17H18F2N2O2/c1-9-5-11(17(22)23)8-21(7-9)14-6-10(2)20-16-12(14)3-4-13(18)15(16)19/h3-4,6,9,11H,5,7-8H2,1-2H3,(H,22,23).